The van der Waals surface area contributed by atoms with Crippen molar-refractivity contribution in [3.63, 3.8) is 0 Å². The van der Waals surface area contributed by atoms with E-state index in [-0.39, 0.29) is 43.8 Å². The normalized spacial score (nSPS) is 14.5. The van der Waals surface area contributed by atoms with Crippen molar-refractivity contribution < 1.29 is 18.0 Å². The fourth-order valence-corrected chi connectivity index (χ4v) is 7.39. The molecule has 0 bridgehead atoms. The van der Waals surface area contributed by atoms with E-state index in [4.69, 9.17) is 11.6 Å². The number of benzene rings is 3. The van der Waals surface area contributed by atoms with Gasteiger partial charge in [0.05, 0.1) is 11.9 Å². The smallest absolute Gasteiger partial charge is 0.243 e. The van der Waals surface area contributed by atoms with E-state index in [0.29, 0.717) is 17.1 Å². The lowest BCUT2D eigenvalue weighted by molar-refractivity contribution is -0.141. The molecule has 44 heavy (non-hydrogen) atoms. The van der Waals surface area contributed by atoms with E-state index in [9.17, 15) is 18.0 Å². The number of nitrogens with zero attached hydrogens (tertiary/aromatic N) is 2. The van der Waals surface area contributed by atoms with Crippen LogP contribution in [0.15, 0.2) is 77.3 Å². The number of anilines is 1. The highest BCUT2D eigenvalue weighted by atomic mass is 79.9. The van der Waals surface area contributed by atoms with Crippen LogP contribution in [0.5, 0.6) is 0 Å². The summed E-state index contributed by atoms with van der Waals surface area (Å²) in [5, 5.41) is 3.69. The number of sulfonamides is 1. The van der Waals surface area contributed by atoms with Crippen LogP contribution in [0.4, 0.5) is 5.69 Å². The molecule has 0 spiro atoms. The summed E-state index contributed by atoms with van der Waals surface area (Å²) in [6.07, 6.45) is 7.08. The van der Waals surface area contributed by atoms with Crippen molar-refractivity contribution in [2.75, 3.05) is 17.1 Å². The molecule has 1 saturated carbocycles. The van der Waals surface area contributed by atoms with Crippen LogP contribution in [0.25, 0.3) is 0 Å². The van der Waals surface area contributed by atoms with Crippen molar-refractivity contribution in [2.45, 2.75) is 76.9 Å². The van der Waals surface area contributed by atoms with E-state index in [2.05, 4.69) is 21.2 Å². The third-order valence-electron chi connectivity index (χ3n) is 8.06. The van der Waals surface area contributed by atoms with E-state index in [1.807, 2.05) is 61.5 Å². The van der Waals surface area contributed by atoms with Crippen molar-refractivity contribution in [1.82, 2.24) is 10.2 Å². The van der Waals surface area contributed by atoms with Gasteiger partial charge in [0.2, 0.25) is 21.8 Å². The Labute approximate surface area is 275 Å². The molecule has 1 aliphatic rings. The number of aryl methyl sites for hydroxylation is 1. The summed E-state index contributed by atoms with van der Waals surface area (Å²) in [5.74, 6) is -0.364. The van der Waals surface area contributed by atoms with E-state index >= 15 is 0 Å². The molecule has 0 aromatic heterocycles. The first-order valence-corrected chi connectivity index (χ1v) is 18.2. The second-order valence-electron chi connectivity index (χ2n) is 11.6. The molecular weight excluding hydrogens is 662 g/mol. The SMILES string of the molecule is Cc1ccc(Cl)cc1N(CCCC(=O)N(Cc1cccc(Br)c1)C(Cc1ccccc1)C(=O)NC1CCCCC1)S(C)(=O)=O. The van der Waals surface area contributed by atoms with E-state index < -0.39 is 16.1 Å². The van der Waals surface area contributed by atoms with Gasteiger partial charge < -0.3 is 10.2 Å². The zero-order valence-corrected chi connectivity index (χ0v) is 28.5. The van der Waals surface area contributed by atoms with Gasteiger partial charge in [-0.25, -0.2) is 8.42 Å². The van der Waals surface area contributed by atoms with Gasteiger partial charge in [0, 0.05) is 41.5 Å². The van der Waals surface area contributed by atoms with Gasteiger partial charge in [-0.3, -0.25) is 13.9 Å². The van der Waals surface area contributed by atoms with Crippen LogP contribution in [0.3, 0.4) is 0 Å². The summed E-state index contributed by atoms with van der Waals surface area (Å²) in [6, 6.07) is 22.0. The number of hydrogen-bond donors (Lipinski definition) is 1. The lowest BCUT2D eigenvalue weighted by atomic mass is 9.94. The average molecular weight is 703 g/mol. The first-order valence-electron chi connectivity index (χ1n) is 15.1. The molecule has 2 amide bonds. The van der Waals surface area contributed by atoms with Crippen molar-refractivity contribution >= 4 is 55.1 Å². The minimum absolute atomic E-state index is 0.0711. The Morgan fingerprint density at radius 2 is 1.68 bits per heavy atom. The molecule has 10 heteroatoms. The van der Waals surface area contributed by atoms with E-state index in [1.165, 1.54) is 10.7 Å². The van der Waals surface area contributed by atoms with Crippen LogP contribution < -0.4 is 9.62 Å². The summed E-state index contributed by atoms with van der Waals surface area (Å²) in [4.78, 5) is 29.7. The molecular formula is C34H41BrClN3O4S. The quantitative estimate of drug-likeness (QED) is 0.207. The number of carbonyl (C=O) groups is 2. The molecule has 1 aliphatic carbocycles. The number of nitrogens with one attached hydrogen (secondary N) is 1. The molecule has 3 aromatic carbocycles. The van der Waals surface area contributed by atoms with Gasteiger partial charge in [-0.05, 0) is 67.1 Å². The minimum Gasteiger partial charge on any atom is -0.352 e. The van der Waals surface area contributed by atoms with E-state index in [1.54, 1.807) is 23.1 Å². The van der Waals surface area contributed by atoms with Gasteiger partial charge in [0.1, 0.15) is 6.04 Å². The molecule has 1 unspecified atom stereocenters. The van der Waals surface area contributed by atoms with Crippen molar-refractivity contribution in [3.8, 4) is 0 Å². The van der Waals surface area contributed by atoms with Crippen LogP contribution >= 0.6 is 27.5 Å². The zero-order chi connectivity index (χ0) is 31.7. The Balaban J connectivity index is 1.60. The highest BCUT2D eigenvalue weighted by Crippen LogP contribution is 2.27. The third kappa shape index (κ3) is 9.81. The predicted octanol–water partition coefficient (Wildman–Crippen LogP) is 7.05. The molecule has 0 aliphatic heterocycles. The maximum Gasteiger partial charge on any atom is 0.243 e. The van der Waals surface area contributed by atoms with Crippen LogP contribution in [0, 0.1) is 6.92 Å². The molecule has 0 heterocycles. The number of hydrogen-bond acceptors (Lipinski definition) is 4. The van der Waals surface area contributed by atoms with Gasteiger partial charge in [-0.2, -0.15) is 0 Å². The maximum absolute atomic E-state index is 14.1. The van der Waals surface area contributed by atoms with Crippen molar-refractivity contribution in [2.24, 2.45) is 0 Å². The highest BCUT2D eigenvalue weighted by Gasteiger charge is 2.32. The Morgan fingerprint density at radius 1 is 0.977 bits per heavy atom. The zero-order valence-electron chi connectivity index (χ0n) is 25.3. The summed E-state index contributed by atoms with van der Waals surface area (Å²) in [5.41, 5.74) is 3.11. The number of carbonyl (C=O) groups excluding carboxylic acids is 2. The largest absolute Gasteiger partial charge is 0.352 e. The van der Waals surface area contributed by atoms with E-state index in [0.717, 1.165) is 53.1 Å². The Kier molecular flexibility index (Phi) is 12.3. The first-order chi connectivity index (χ1) is 21.0. The predicted molar refractivity (Wildman–Crippen MR) is 181 cm³/mol. The summed E-state index contributed by atoms with van der Waals surface area (Å²) in [6.45, 7) is 2.18. The second-order valence-corrected chi connectivity index (χ2v) is 14.8. The summed E-state index contributed by atoms with van der Waals surface area (Å²) in [7, 11) is -3.64. The maximum atomic E-state index is 14.1. The Morgan fingerprint density at radius 3 is 2.36 bits per heavy atom. The van der Waals surface area contributed by atoms with Crippen molar-refractivity contribution in [3.05, 3.63) is 99.0 Å². The second kappa shape index (κ2) is 15.9. The van der Waals surface area contributed by atoms with Crippen LogP contribution in [-0.4, -0.2) is 50.0 Å². The molecule has 1 fully saturated rings. The molecule has 0 saturated heterocycles. The average Bonchev–Trinajstić information content (AvgIpc) is 2.99. The van der Waals surface area contributed by atoms with Crippen LogP contribution in [-0.2, 0) is 32.6 Å². The van der Waals surface area contributed by atoms with Crippen LogP contribution in [0.1, 0.15) is 61.6 Å². The fraction of sp³-hybridized carbons (Fsp3) is 0.412. The summed E-state index contributed by atoms with van der Waals surface area (Å²) < 4.78 is 27.8. The number of amides is 2. The molecule has 1 N–H and O–H groups in total. The van der Waals surface area contributed by atoms with Gasteiger partial charge >= 0.3 is 0 Å². The highest BCUT2D eigenvalue weighted by molar-refractivity contribution is 9.10. The number of halogens is 2. The van der Waals surface area contributed by atoms with Gasteiger partial charge in [-0.15, -0.1) is 0 Å². The minimum atomic E-state index is -3.64. The molecule has 236 valence electrons. The van der Waals surface area contributed by atoms with Gasteiger partial charge in [0.15, 0.2) is 0 Å². The monoisotopic (exact) mass is 701 g/mol. The molecule has 1 atom stereocenters. The first kappa shape index (κ1) is 34.0. The molecule has 4 rings (SSSR count). The van der Waals surface area contributed by atoms with Gasteiger partial charge in [0.25, 0.3) is 0 Å². The topological polar surface area (TPSA) is 86.8 Å². The van der Waals surface area contributed by atoms with Gasteiger partial charge in [-0.1, -0.05) is 95.3 Å². The fourth-order valence-electron chi connectivity index (χ4n) is 5.76. The molecule has 7 nitrogen and oxygen atoms in total. The standard InChI is InChI=1S/C34H41BrClN3O4S/c1-25-18-19-29(36)23-31(25)39(44(2,42)43)20-10-17-33(40)38(24-27-13-9-14-28(35)21-27)32(22-26-11-5-3-6-12-26)34(41)37-30-15-7-4-8-16-30/h3,5-6,9,11-14,18-19,21,23,30,32H,4,7-8,10,15-17,20,22,24H2,1-2H3,(H,37,41). The number of rotatable bonds is 13. The van der Waals surface area contributed by atoms with Crippen molar-refractivity contribution in [1.29, 1.82) is 0 Å². The lowest BCUT2D eigenvalue weighted by Gasteiger charge is -2.34. The Bertz CT molecular complexity index is 1530. The van der Waals surface area contributed by atoms with Crippen LogP contribution in [0.2, 0.25) is 5.02 Å². The third-order valence-corrected chi connectivity index (χ3v) is 9.96. The summed E-state index contributed by atoms with van der Waals surface area (Å²) >= 11 is 9.73. The Hall–Kier alpha value is -2.88. The molecule has 0 radical (unpaired) electrons. The molecule has 3 aromatic rings. The lowest BCUT2D eigenvalue weighted by Crippen LogP contribution is -2.53.